The Bertz CT molecular complexity index is 349. The molecule has 0 spiro atoms. The van der Waals surface area contributed by atoms with E-state index >= 15 is 0 Å². The van der Waals surface area contributed by atoms with Gasteiger partial charge in [0.1, 0.15) is 5.75 Å². The first-order chi connectivity index (χ1) is 7.36. The molecule has 2 heteroatoms. The number of hydrogen-bond donors (Lipinski definition) is 1. The van der Waals surface area contributed by atoms with Gasteiger partial charge in [0.05, 0.1) is 6.61 Å². The van der Waals surface area contributed by atoms with E-state index in [0.29, 0.717) is 6.54 Å². The first-order valence-corrected chi connectivity index (χ1v) is 5.28. The Hall–Kier alpha value is -1.46. The Labute approximate surface area is 91.4 Å². The summed E-state index contributed by atoms with van der Waals surface area (Å²) in [4.78, 5) is 0. The maximum Gasteiger partial charge on any atom is 0.120 e. The second-order valence-corrected chi connectivity index (χ2v) is 3.22. The molecule has 0 radical (unpaired) electrons. The molecule has 0 aliphatic rings. The minimum absolute atomic E-state index is 0.610. The highest BCUT2D eigenvalue weighted by Gasteiger charge is 1.93. The van der Waals surface area contributed by atoms with E-state index in [1.54, 1.807) is 0 Å². The highest BCUT2D eigenvalue weighted by atomic mass is 16.5. The molecule has 0 unspecified atom stereocenters. The largest absolute Gasteiger partial charge is 0.494 e. The van der Waals surface area contributed by atoms with Crippen LogP contribution in [0.25, 0.3) is 0 Å². The molecule has 0 saturated heterocycles. The van der Waals surface area contributed by atoms with Gasteiger partial charge in [-0.25, -0.2) is 0 Å². The maximum absolute atomic E-state index is 5.51. The third kappa shape index (κ3) is 4.53. The summed E-state index contributed by atoms with van der Waals surface area (Å²) in [7, 11) is 0. The van der Waals surface area contributed by atoms with E-state index in [9.17, 15) is 0 Å². The molecule has 0 aromatic heterocycles. The van der Waals surface area contributed by atoms with Gasteiger partial charge in [0.15, 0.2) is 0 Å². The summed E-state index contributed by atoms with van der Waals surface area (Å²) < 4.78 is 5.51. The van der Waals surface area contributed by atoms with Gasteiger partial charge in [0, 0.05) is 18.5 Å². The molecule has 2 nitrogen and oxygen atoms in total. The molecule has 0 atom stereocenters. The van der Waals surface area contributed by atoms with Crippen molar-refractivity contribution < 1.29 is 4.74 Å². The molecule has 0 aliphatic heterocycles. The second kappa shape index (κ2) is 6.92. The number of rotatable bonds is 4. The third-order valence-electron chi connectivity index (χ3n) is 1.81. The average Bonchev–Trinajstić information content (AvgIpc) is 2.27. The van der Waals surface area contributed by atoms with Crippen molar-refractivity contribution in [2.24, 2.45) is 5.73 Å². The first kappa shape index (κ1) is 11.6. The fraction of sp³-hybridized carbons (Fsp3) is 0.385. The zero-order chi connectivity index (χ0) is 10.9. The number of nitrogens with two attached hydrogens (primary N) is 1. The molecule has 0 bridgehead atoms. The normalized spacial score (nSPS) is 9.20. The van der Waals surface area contributed by atoms with Crippen LogP contribution in [0.2, 0.25) is 0 Å². The van der Waals surface area contributed by atoms with Gasteiger partial charge in [0.25, 0.3) is 0 Å². The quantitative estimate of drug-likeness (QED) is 0.761. The van der Waals surface area contributed by atoms with Crippen LogP contribution >= 0.6 is 0 Å². The Morgan fingerprint density at radius 2 is 2.27 bits per heavy atom. The summed E-state index contributed by atoms with van der Waals surface area (Å²) in [6.45, 7) is 3.45. The van der Waals surface area contributed by atoms with Crippen molar-refractivity contribution >= 4 is 0 Å². The minimum atomic E-state index is 0.610. The highest BCUT2D eigenvalue weighted by molar-refractivity contribution is 5.39. The van der Waals surface area contributed by atoms with Crippen LogP contribution < -0.4 is 10.5 Å². The minimum Gasteiger partial charge on any atom is -0.494 e. The van der Waals surface area contributed by atoms with E-state index in [1.807, 2.05) is 24.3 Å². The molecular formula is C13H17NO. The molecule has 0 fully saturated rings. The SMILES string of the molecule is CCCOc1cccc(C#CCCN)c1. The topological polar surface area (TPSA) is 35.2 Å². The van der Waals surface area contributed by atoms with Crippen LogP contribution in [-0.4, -0.2) is 13.2 Å². The molecule has 80 valence electrons. The van der Waals surface area contributed by atoms with E-state index in [4.69, 9.17) is 10.5 Å². The summed E-state index contributed by atoms with van der Waals surface area (Å²) in [5.74, 6) is 6.94. The van der Waals surface area contributed by atoms with E-state index in [-0.39, 0.29) is 0 Å². The van der Waals surface area contributed by atoms with Gasteiger partial charge in [-0.1, -0.05) is 24.8 Å². The molecular weight excluding hydrogens is 186 g/mol. The Morgan fingerprint density at radius 1 is 1.40 bits per heavy atom. The lowest BCUT2D eigenvalue weighted by Gasteiger charge is -2.03. The summed E-state index contributed by atoms with van der Waals surface area (Å²) in [6, 6.07) is 7.84. The van der Waals surface area contributed by atoms with Gasteiger partial charge in [-0.3, -0.25) is 0 Å². The molecule has 1 aromatic rings. The van der Waals surface area contributed by atoms with E-state index in [2.05, 4.69) is 18.8 Å². The van der Waals surface area contributed by atoms with E-state index < -0.39 is 0 Å². The fourth-order valence-electron chi connectivity index (χ4n) is 1.12. The molecule has 0 saturated carbocycles. The molecule has 1 rings (SSSR count). The molecule has 1 aromatic carbocycles. The third-order valence-corrected chi connectivity index (χ3v) is 1.81. The van der Waals surface area contributed by atoms with Crippen molar-refractivity contribution in [2.75, 3.05) is 13.2 Å². The Morgan fingerprint density at radius 3 is 3.00 bits per heavy atom. The summed E-state index contributed by atoms with van der Waals surface area (Å²) in [5, 5.41) is 0. The van der Waals surface area contributed by atoms with Gasteiger partial charge < -0.3 is 10.5 Å². The molecule has 0 aliphatic carbocycles. The van der Waals surface area contributed by atoms with Crippen molar-refractivity contribution in [1.29, 1.82) is 0 Å². The summed E-state index contributed by atoms with van der Waals surface area (Å²) >= 11 is 0. The van der Waals surface area contributed by atoms with E-state index in [1.165, 1.54) is 0 Å². The zero-order valence-electron chi connectivity index (χ0n) is 9.12. The molecule has 2 N–H and O–H groups in total. The van der Waals surface area contributed by atoms with Gasteiger partial charge in [-0.15, -0.1) is 0 Å². The predicted octanol–water partition coefficient (Wildman–Crippen LogP) is 2.18. The van der Waals surface area contributed by atoms with Crippen molar-refractivity contribution in [3.05, 3.63) is 29.8 Å². The first-order valence-electron chi connectivity index (χ1n) is 5.28. The Kier molecular flexibility index (Phi) is 5.35. The standard InChI is InChI=1S/C13H17NO/c1-2-10-15-13-8-5-7-12(11-13)6-3-4-9-14/h5,7-8,11H,2,4,9-10,14H2,1H3. The van der Waals surface area contributed by atoms with Crippen LogP contribution in [0.15, 0.2) is 24.3 Å². The number of benzene rings is 1. The van der Waals surface area contributed by atoms with E-state index in [0.717, 1.165) is 30.8 Å². The lowest BCUT2D eigenvalue weighted by molar-refractivity contribution is 0.317. The highest BCUT2D eigenvalue weighted by Crippen LogP contribution is 2.12. The van der Waals surface area contributed by atoms with Crippen molar-refractivity contribution in [3.63, 3.8) is 0 Å². The molecule has 0 heterocycles. The number of ether oxygens (including phenoxy) is 1. The lowest BCUT2D eigenvalue weighted by atomic mass is 10.2. The van der Waals surface area contributed by atoms with Crippen molar-refractivity contribution in [2.45, 2.75) is 19.8 Å². The fourth-order valence-corrected chi connectivity index (χ4v) is 1.12. The molecule has 15 heavy (non-hydrogen) atoms. The van der Waals surface area contributed by atoms with Crippen LogP contribution in [0.3, 0.4) is 0 Å². The monoisotopic (exact) mass is 203 g/mol. The van der Waals surface area contributed by atoms with Gasteiger partial charge in [0.2, 0.25) is 0 Å². The van der Waals surface area contributed by atoms with Crippen molar-refractivity contribution in [1.82, 2.24) is 0 Å². The second-order valence-electron chi connectivity index (χ2n) is 3.22. The van der Waals surface area contributed by atoms with Crippen LogP contribution in [0.5, 0.6) is 5.75 Å². The van der Waals surface area contributed by atoms with Crippen LogP contribution in [-0.2, 0) is 0 Å². The van der Waals surface area contributed by atoms with Crippen LogP contribution in [0.1, 0.15) is 25.3 Å². The summed E-state index contributed by atoms with van der Waals surface area (Å²) in [6.07, 6.45) is 1.75. The zero-order valence-corrected chi connectivity index (χ0v) is 9.12. The van der Waals surface area contributed by atoms with Crippen LogP contribution in [0, 0.1) is 11.8 Å². The lowest BCUT2D eigenvalue weighted by Crippen LogP contribution is -1.96. The number of hydrogen-bond acceptors (Lipinski definition) is 2. The van der Waals surface area contributed by atoms with Gasteiger partial charge in [-0.2, -0.15) is 0 Å². The van der Waals surface area contributed by atoms with Gasteiger partial charge in [-0.05, 0) is 24.6 Å². The molecule has 0 amide bonds. The van der Waals surface area contributed by atoms with Gasteiger partial charge >= 0.3 is 0 Å². The van der Waals surface area contributed by atoms with Crippen LogP contribution in [0.4, 0.5) is 0 Å². The predicted molar refractivity (Wildman–Crippen MR) is 62.8 cm³/mol. The summed E-state index contributed by atoms with van der Waals surface area (Å²) in [5.41, 5.74) is 6.34. The maximum atomic E-state index is 5.51. The average molecular weight is 203 g/mol. The Balaban J connectivity index is 2.62. The van der Waals surface area contributed by atoms with Crippen molar-refractivity contribution in [3.8, 4) is 17.6 Å². The smallest absolute Gasteiger partial charge is 0.120 e.